The van der Waals surface area contributed by atoms with Gasteiger partial charge in [0.15, 0.2) is 8.32 Å². The molecular weight excluding hydrogens is 769 g/mol. The standard InChI is InChI=1S/C41H52N4O8S2Si/c1-41(2,3)56(7,8)53-24-12-13-29-16-22-35(38(25-29)52-6)30-17-19-31(20-18-30)40(47)43-55(50,51)34-21-23-36(37(27-34)45(48)49)42-32(26-39(46)44(4)5)28-54-33-14-10-9-11-15-33/h9-11,14-23,25,27,32,42H,12-13,24,26,28H2,1-8H3,(H,43,47)/t32-/m1/s1. The number of benzene rings is 4. The Labute approximate surface area is 335 Å². The molecule has 0 unspecified atom stereocenters. The van der Waals surface area contributed by atoms with Gasteiger partial charge in [0.1, 0.15) is 11.4 Å². The molecule has 1 atom stereocenters. The molecule has 4 rings (SSSR count). The summed E-state index contributed by atoms with van der Waals surface area (Å²) in [6.45, 7) is 11.8. The maximum absolute atomic E-state index is 13.3. The number of rotatable bonds is 18. The Morgan fingerprint density at radius 1 is 0.964 bits per heavy atom. The minimum absolute atomic E-state index is 0.0419. The van der Waals surface area contributed by atoms with Crippen LogP contribution in [0, 0.1) is 10.1 Å². The van der Waals surface area contributed by atoms with Crippen molar-refractivity contribution < 1.29 is 32.1 Å². The third kappa shape index (κ3) is 11.9. The van der Waals surface area contributed by atoms with Crippen molar-refractivity contribution in [2.75, 3.05) is 38.9 Å². The van der Waals surface area contributed by atoms with Gasteiger partial charge in [0.05, 0.1) is 16.9 Å². The molecule has 0 spiro atoms. The second-order valence-corrected chi connectivity index (χ2v) is 22.7. The number of nitro groups is 1. The molecule has 56 heavy (non-hydrogen) atoms. The summed E-state index contributed by atoms with van der Waals surface area (Å²) in [5.41, 5.74) is 2.28. The molecule has 15 heteroatoms. The Balaban J connectivity index is 1.45. The van der Waals surface area contributed by atoms with Crippen molar-refractivity contribution in [3.8, 4) is 16.9 Å². The van der Waals surface area contributed by atoms with Gasteiger partial charge in [-0.2, -0.15) is 0 Å². The predicted octanol–water partition coefficient (Wildman–Crippen LogP) is 8.39. The van der Waals surface area contributed by atoms with Crippen LogP contribution in [0.1, 0.15) is 49.5 Å². The quantitative estimate of drug-likeness (QED) is 0.0329. The van der Waals surface area contributed by atoms with E-state index in [-0.39, 0.29) is 28.6 Å². The monoisotopic (exact) mass is 820 g/mol. The van der Waals surface area contributed by atoms with Crippen LogP contribution in [0.2, 0.25) is 18.1 Å². The zero-order valence-electron chi connectivity index (χ0n) is 33.3. The third-order valence-electron chi connectivity index (χ3n) is 9.78. The molecule has 0 fully saturated rings. The molecule has 0 bridgehead atoms. The number of carbonyl (C=O) groups excluding carboxylic acids is 2. The maximum atomic E-state index is 13.3. The van der Waals surface area contributed by atoms with Crippen LogP contribution in [0.25, 0.3) is 11.1 Å². The van der Waals surface area contributed by atoms with Gasteiger partial charge < -0.3 is 19.4 Å². The van der Waals surface area contributed by atoms with E-state index in [1.165, 1.54) is 40.9 Å². The van der Waals surface area contributed by atoms with E-state index in [0.29, 0.717) is 18.1 Å². The lowest BCUT2D eigenvalue weighted by atomic mass is 9.99. The van der Waals surface area contributed by atoms with Gasteiger partial charge in [-0.25, -0.2) is 13.1 Å². The number of thioether (sulfide) groups is 1. The second-order valence-electron chi connectivity index (χ2n) is 15.2. The predicted molar refractivity (Wildman–Crippen MR) is 226 cm³/mol. The fraction of sp³-hybridized carbons (Fsp3) is 0.366. The molecule has 300 valence electrons. The lowest BCUT2D eigenvalue weighted by molar-refractivity contribution is -0.384. The zero-order valence-corrected chi connectivity index (χ0v) is 35.9. The molecule has 0 aliphatic heterocycles. The topological polar surface area (TPSA) is 157 Å². The molecule has 0 aliphatic carbocycles. The van der Waals surface area contributed by atoms with Crippen molar-refractivity contribution in [1.29, 1.82) is 0 Å². The number of amides is 2. The van der Waals surface area contributed by atoms with Gasteiger partial charge in [0, 0.05) is 61.0 Å². The van der Waals surface area contributed by atoms with Crippen molar-refractivity contribution in [2.45, 2.75) is 74.0 Å². The van der Waals surface area contributed by atoms with Crippen LogP contribution in [-0.2, 0) is 25.7 Å². The van der Waals surface area contributed by atoms with E-state index in [0.717, 1.165) is 40.5 Å². The summed E-state index contributed by atoms with van der Waals surface area (Å²) in [6, 6.07) is 24.7. The number of sulfonamides is 1. The Bertz CT molecular complexity index is 2110. The van der Waals surface area contributed by atoms with Gasteiger partial charge >= 0.3 is 0 Å². The Kier molecular flexibility index (Phi) is 14.9. The molecule has 2 amide bonds. The average molecular weight is 821 g/mol. The second kappa shape index (κ2) is 19.0. The first kappa shape index (κ1) is 44.0. The highest BCUT2D eigenvalue weighted by molar-refractivity contribution is 7.99. The van der Waals surface area contributed by atoms with E-state index in [9.17, 15) is 28.1 Å². The van der Waals surface area contributed by atoms with Crippen molar-refractivity contribution in [2.24, 2.45) is 0 Å². The van der Waals surface area contributed by atoms with Crippen LogP contribution < -0.4 is 14.8 Å². The first-order chi connectivity index (χ1) is 26.3. The van der Waals surface area contributed by atoms with Crippen LogP contribution in [0.4, 0.5) is 11.4 Å². The maximum Gasteiger partial charge on any atom is 0.293 e. The van der Waals surface area contributed by atoms with E-state index in [1.54, 1.807) is 33.3 Å². The van der Waals surface area contributed by atoms with Crippen molar-refractivity contribution in [3.63, 3.8) is 0 Å². The lowest BCUT2D eigenvalue weighted by Crippen LogP contribution is -2.41. The van der Waals surface area contributed by atoms with Gasteiger partial charge in [-0.1, -0.05) is 63.2 Å². The number of nitro benzene ring substituents is 1. The van der Waals surface area contributed by atoms with E-state index in [4.69, 9.17) is 9.16 Å². The lowest BCUT2D eigenvalue weighted by Gasteiger charge is -2.36. The zero-order chi connectivity index (χ0) is 41.3. The summed E-state index contributed by atoms with van der Waals surface area (Å²) in [6.07, 6.45) is 1.75. The molecule has 0 saturated carbocycles. The molecule has 0 radical (unpaired) electrons. The van der Waals surface area contributed by atoms with Crippen LogP contribution in [0.3, 0.4) is 0 Å². The average Bonchev–Trinajstić information content (AvgIpc) is 3.15. The van der Waals surface area contributed by atoms with Crippen molar-refractivity contribution in [1.82, 2.24) is 9.62 Å². The fourth-order valence-electron chi connectivity index (χ4n) is 5.42. The van der Waals surface area contributed by atoms with Crippen LogP contribution in [-0.4, -0.2) is 78.0 Å². The van der Waals surface area contributed by atoms with Gasteiger partial charge in [0.25, 0.3) is 21.6 Å². The summed E-state index contributed by atoms with van der Waals surface area (Å²) in [4.78, 5) is 39.2. The van der Waals surface area contributed by atoms with Crippen LogP contribution in [0.5, 0.6) is 5.75 Å². The summed E-state index contributed by atoms with van der Waals surface area (Å²) in [7, 11) is -1.48. The van der Waals surface area contributed by atoms with Gasteiger partial charge in [-0.15, -0.1) is 11.8 Å². The molecular formula is C41H52N4O8S2Si. The van der Waals surface area contributed by atoms with E-state index in [1.807, 2.05) is 53.3 Å². The van der Waals surface area contributed by atoms with E-state index in [2.05, 4.69) is 39.2 Å². The third-order valence-corrected chi connectivity index (χ3v) is 16.8. The molecule has 2 N–H and O–H groups in total. The minimum Gasteiger partial charge on any atom is -0.496 e. The highest BCUT2D eigenvalue weighted by atomic mass is 32.2. The number of hydrogen-bond donors (Lipinski definition) is 2. The molecule has 12 nitrogen and oxygen atoms in total. The summed E-state index contributed by atoms with van der Waals surface area (Å²) >= 11 is 1.48. The number of carbonyl (C=O) groups is 2. The number of nitrogens with zero attached hydrogens (tertiary/aromatic N) is 2. The normalized spacial score (nSPS) is 12.4. The Morgan fingerprint density at radius 2 is 1.64 bits per heavy atom. The van der Waals surface area contributed by atoms with Gasteiger partial charge in [-0.05, 0) is 84.6 Å². The first-order valence-electron chi connectivity index (χ1n) is 18.2. The van der Waals surface area contributed by atoms with Crippen molar-refractivity contribution >= 4 is 53.3 Å². The number of methoxy groups -OCH3 is 1. The number of nitrogens with one attached hydrogen (secondary N) is 2. The number of ether oxygens (including phenoxy) is 1. The minimum atomic E-state index is -4.51. The van der Waals surface area contributed by atoms with Crippen molar-refractivity contribution in [3.05, 3.63) is 112 Å². The number of anilines is 1. The van der Waals surface area contributed by atoms with E-state index >= 15 is 0 Å². The summed E-state index contributed by atoms with van der Waals surface area (Å²) in [5, 5.41) is 15.4. The molecule has 0 aromatic heterocycles. The van der Waals surface area contributed by atoms with Crippen LogP contribution >= 0.6 is 11.8 Å². The number of aryl methyl sites for hydroxylation is 1. The fourth-order valence-corrected chi connectivity index (χ4v) is 8.45. The first-order valence-corrected chi connectivity index (χ1v) is 23.6. The molecule has 0 aliphatic rings. The molecule has 4 aromatic rings. The Hall–Kier alpha value is -4.70. The molecule has 0 heterocycles. The highest BCUT2D eigenvalue weighted by Gasteiger charge is 2.36. The SMILES string of the molecule is COc1cc(CCCO[Si](C)(C)C(C)(C)C)ccc1-c1ccc(C(=O)NS(=O)(=O)c2ccc(N[C@@H](CSc3ccccc3)CC(=O)N(C)C)c([N+](=O)[O-])c2)cc1. The van der Waals surface area contributed by atoms with Gasteiger partial charge in [-0.3, -0.25) is 19.7 Å². The van der Waals surface area contributed by atoms with Gasteiger partial charge in [0.2, 0.25) is 5.91 Å². The summed E-state index contributed by atoms with van der Waals surface area (Å²) in [5.74, 6) is -0.0112. The van der Waals surface area contributed by atoms with E-state index < -0.39 is 45.8 Å². The molecule has 4 aromatic carbocycles. The Morgan fingerprint density at radius 3 is 2.25 bits per heavy atom. The summed E-state index contributed by atoms with van der Waals surface area (Å²) < 4.78 is 40.7. The van der Waals surface area contributed by atoms with Crippen LogP contribution in [0.15, 0.2) is 101 Å². The number of hydrogen-bond acceptors (Lipinski definition) is 10. The largest absolute Gasteiger partial charge is 0.496 e. The smallest absolute Gasteiger partial charge is 0.293 e. The highest BCUT2D eigenvalue weighted by Crippen LogP contribution is 2.37. The molecule has 0 saturated heterocycles.